The second kappa shape index (κ2) is 5.30. The van der Waals surface area contributed by atoms with E-state index in [1.54, 1.807) is 18.2 Å². The molecule has 0 radical (unpaired) electrons. The van der Waals surface area contributed by atoms with Crippen molar-refractivity contribution in [2.75, 3.05) is 11.4 Å². The highest BCUT2D eigenvalue weighted by Crippen LogP contribution is 2.32. The van der Waals surface area contributed by atoms with Gasteiger partial charge in [0.2, 0.25) is 5.82 Å². The molecule has 0 N–H and O–H groups in total. The monoisotopic (exact) mass is 354 g/mol. The highest BCUT2D eigenvalue weighted by molar-refractivity contribution is 6.31. The van der Waals surface area contributed by atoms with E-state index in [0.717, 1.165) is 9.95 Å². The lowest BCUT2D eigenvalue weighted by Gasteiger charge is -2.29. The summed E-state index contributed by atoms with van der Waals surface area (Å²) in [5.41, 5.74) is 0.715. The maximum Gasteiger partial charge on any atom is 0.451 e. The fraction of sp³-hybridized carbons (Fsp3) is 0.286. The molecule has 0 bridgehead atoms. The molecule has 1 aliphatic heterocycles. The van der Waals surface area contributed by atoms with Crippen molar-refractivity contribution in [1.82, 2.24) is 24.7 Å². The number of benzene rings is 1. The van der Waals surface area contributed by atoms with Crippen LogP contribution in [-0.2, 0) is 19.3 Å². The molecular formula is C14H10ClF3N6. The van der Waals surface area contributed by atoms with Gasteiger partial charge in [-0.2, -0.15) is 13.2 Å². The second-order valence-corrected chi connectivity index (χ2v) is 5.81. The number of fused-ring (bicyclic) bond motifs is 2. The molecule has 1 aliphatic rings. The Morgan fingerprint density at radius 2 is 1.92 bits per heavy atom. The van der Waals surface area contributed by atoms with Crippen LogP contribution in [0.5, 0.6) is 0 Å². The number of alkyl halides is 3. The van der Waals surface area contributed by atoms with Crippen molar-refractivity contribution < 1.29 is 13.2 Å². The van der Waals surface area contributed by atoms with Gasteiger partial charge in [-0.25, -0.2) is 9.97 Å². The van der Waals surface area contributed by atoms with Gasteiger partial charge in [0.1, 0.15) is 12.1 Å². The minimum atomic E-state index is -4.51. The predicted octanol–water partition coefficient (Wildman–Crippen LogP) is 2.91. The van der Waals surface area contributed by atoms with Gasteiger partial charge < -0.3 is 9.47 Å². The van der Waals surface area contributed by atoms with Gasteiger partial charge in [0.15, 0.2) is 5.82 Å². The lowest BCUT2D eigenvalue weighted by Crippen LogP contribution is -2.36. The maximum absolute atomic E-state index is 12.9. The molecule has 0 amide bonds. The average molecular weight is 355 g/mol. The molecule has 3 aromatic rings. The Morgan fingerprint density at radius 1 is 1.08 bits per heavy atom. The van der Waals surface area contributed by atoms with Crippen molar-refractivity contribution in [2.24, 2.45) is 0 Å². The summed E-state index contributed by atoms with van der Waals surface area (Å²) in [4.78, 5) is 10.3. The highest BCUT2D eigenvalue weighted by atomic mass is 35.5. The molecule has 0 unspecified atom stereocenters. The third-order valence-electron chi connectivity index (χ3n) is 3.88. The van der Waals surface area contributed by atoms with Crippen LogP contribution in [0.4, 0.5) is 19.0 Å². The fourth-order valence-electron chi connectivity index (χ4n) is 2.82. The quantitative estimate of drug-likeness (QED) is 0.672. The van der Waals surface area contributed by atoms with Gasteiger partial charge in [0.25, 0.3) is 0 Å². The maximum atomic E-state index is 12.9. The molecule has 0 fully saturated rings. The first-order valence-electron chi connectivity index (χ1n) is 7.08. The van der Waals surface area contributed by atoms with Crippen molar-refractivity contribution >= 4 is 28.3 Å². The van der Waals surface area contributed by atoms with E-state index >= 15 is 0 Å². The van der Waals surface area contributed by atoms with Gasteiger partial charge in [-0.3, -0.25) is 0 Å². The van der Waals surface area contributed by atoms with Gasteiger partial charge in [0.05, 0.1) is 12.1 Å². The lowest BCUT2D eigenvalue weighted by atomic mass is 10.2. The van der Waals surface area contributed by atoms with E-state index in [-0.39, 0.29) is 18.9 Å². The Labute approximate surface area is 138 Å². The first kappa shape index (κ1) is 15.1. The van der Waals surface area contributed by atoms with Crippen LogP contribution < -0.4 is 4.90 Å². The number of aromatic nitrogens is 5. The highest BCUT2D eigenvalue weighted by Gasteiger charge is 2.39. The SMILES string of the molecule is FC(F)(F)c1nnc2n1CCN(c1ncnc3ccc(Cl)cc13)C2. The van der Waals surface area contributed by atoms with Crippen LogP contribution in [0.15, 0.2) is 24.5 Å². The number of hydrogen-bond acceptors (Lipinski definition) is 5. The second-order valence-electron chi connectivity index (χ2n) is 5.37. The van der Waals surface area contributed by atoms with E-state index in [2.05, 4.69) is 20.2 Å². The van der Waals surface area contributed by atoms with Crippen molar-refractivity contribution in [3.63, 3.8) is 0 Å². The van der Waals surface area contributed by atoms with E-state index in [4.69, 9.17) is 11.6 Å². The Hall–Kier alpha value is -2.42. The molecule has 124 valence electrons. The van der Waals surface area contributed by atoms with E-state index in [1.807, 2.05) is 4.90 Å². The Kier molecular flexibility index (Phi) is 3.34. The first-order valence-corrected chi connectivity index (χ1v) is 7.46. The molecule has 0 saturated heterocycles. The lowest BCUT2D eigenvalue weighted by molar-refractivity contribution is -0.147. The standard InChI is InChI=1S/C14H10ClF3N6/c15-8-1-2-10-9(5-8)12(20-7-19-10)23-3-4-24-11(6-23)21-22-13(24)14(16,17)18/h1-2,5,7H,3-4,6H2. The molecule has 1 aromatic carbocycles. The van der Waals surface area contributed by atoms with Gasteiger partial charge >= 0.3 is 6.18 Å². The average Bonchev–Trinajstić information content (AvgIpc) is 2.97. The van der Waals surface area contributed by atoms with Gasteiger partial charge in [0, 0.05) is 23.5 Å². The number of halogens is 4. The summed E-state index contributed by atoms with van der Waals surface area (Å²) in [5, 5.41) is 8.24. The van der Waals surface area contributed by atoms with Gasteiger partial charge in [-0.05, 0) is 18.2 Å². The van der Waals surface area contributed by atoms with Crippen molar-refractivity contribution in [3.8, 4) is 0 Å². The molecule has 3 heterocycles. The van der Waals surface area contributed by atoms with Crippen LogP contribution >= 0.6 is 11.6 Å². The van der Waals surface area contributed by atoms with Crippen LogP contribution in [0.3, 0.4) is 0 Å². The van der Waals surface area contributed by atoms with Crippen molar-refractivity contribution in [2.45, 2.75) is 19.3 Å². The summed E-state index contributed by atoms with van der Waals surface area (Å²) in [6, 6.07) is 5.24. The summed E-state index contributed by atoms with van der Waals surface area (Å²) in [6.07, 6.45) is -3.09. The summed E-state index contributed by atoms with van der Waals surface area (Å²) in [5.74, 6) is -0.0968. The summed E-state index contributed by atoms with van der Waals surface area (Å²) < 4.78 is 39.8. The molecule has 2 aromatic heterocycles. The minimum absolute atomic E-state index is 0.128. The van der Waals surface area contributed by atoms with E-state index < -0.39 is 12.0 Å². The third-order valence-corrected chi connectivity index (χ3v) is 4.12. The number of nitrogens with zero attached hydrogens (tertiary/aromatic N) is 6. The Morgan fingerprint density at radius 3 is 2.71 bits per heavy atom. The van der Waals surface area contributed by atoms with Crippen LogP contribution in [-0.4, -0.2) is 31.3 Å². The molecule has 4 rings (SSSR count). The van der Waals surface area contributed by atoms with E-state index in [1.165, 1.54) is 6.33 Å². The van der Waals surface area contributed by atoms with E-state index in [0.29, 0.717) is 22.9 Å². The molecule has 6 nitrogen and oxygen atoms in total. The summed E-state index contributed by atoms with van der Waals surface area (Å²) in [6.45, 7) is 0.664. The molecule has 0 saturated carbocycles. The van der Waals surface area contributed by atoms with Gasteiger partial charge in [-0.1, -0.05) is 11.6 Å². The Balaban J connectivity index is 1.73. The van der Waals surface area contributed by atoms with Crippen LogP contribution in [0.25, 0.3) is 10.9 Å². The molecular weight excluding hydrogens is 345 g/mol. The number of hydrogen-bond donors (Lipinski definition) is 0. The summed E-state index contributed by atoms with van der Waals surface area (Å²) >= 11 is 6.04. The number of rotatable bonds is 1. The predicted molar refractivity (Wildman–Crippen MR) is 80.6 cm³/mol. The zero-order chi connectivity index (χ0) is 16.9. The number of anilines is 1. The normalized spacial score (nSPS) is 14.9. The van der Waals surface area contributed by atoms with E-state index in [9.17, 15) is 13.2 Å². The first-order chi connectivity index (χ1) is 11.4. The zero-order valence-corrected chi connectivity index (χ0v) is 12.9. The van der Waals surface area contributed by atoms with Gasteiger partial charge in [-0.15, -0.1) is 10.2 Å². The zero-order valence-electron chi connectivity index (χ0n) is 12.1. The van der Waals surface area contributed by atoms with Crippen molar-refractivity contribution in [3.05, 3.63) is 41.2 Å². The molecule has 0 aliphatic carbocycles. The third kappa shape index (κ3) is 2.44. The largest absolute Gasteiger partial charge is 0.451 e. The Bertz CT molecular complexity index is 923. The van der Waals surface area contributed by atoms with Crippen LogP contribution in [0.1, 0.15) is 11.6 Å². The van der Waals surface area contributed by atoms with Crippen molar-refractivity contribution in [1.29, 1.82) is 0 Å². The smallest absolute Gasteiger partial charge is 0.347 e. The van der Waals surface area contributed by atoms with Crippen LogP contribution in [0.2, 0.25) is 5.02 Å². The van der Waals surface area contributed by atoms with Crippen LogP contribution in [0, 0.1) is 0 Å². The molecule has 10 heteroatoms. The minimum Gasteiger partial charge on any atom is -0.347 e. The fourth-order valence-corrected chi connectivity index (χ4v) is 2.99. The molecule has 24 heavy (non-hydrogen) atoms. The molecule has 0 spiro atoms. The topological polar surface area (TPSA) is 59.7 Å². The molecule has 0 atom stereocenters. The summed E-state index contributed by atoms with van der Waals surface area (Å²) in [7, 11) is 0.